The molecule has 0 aromatic heterocycles. The second-order valence-electron chi connectivity index (χ2n) is 6.04. The smallest absolute Gasteiger partial charge is 0.238 e. The fraction of sp³-hybridized carbons (Fsp3) is 0.350. The number of likely N-dealkylation sites (tertiary alicyclic amines) is 1. The summed E-state index contributed by atoms with van der Waals surface area (Å²) in [6, 6.07) is 18.2. The number of carbonyl (C=O) groups excluding carboxylic acids is 1. The number of hydrogen-bond donors (Lipinski definition) is 1. The minimum Gasteiger partial charge on any atom is -0.494 e. The Labute approximate surface area is 143 Å². The van der Waals surface area contributed by atoms with Crippen molar-refractivity contribution in [2.75, 3.05) is 25.0 Å². The largest absolute Gasteiger partial charge is 0.494 e. The number of nitrogens with one attached hydrogen (secondary N) is 1. The molecule has 4 heteroatoms. The van der Waals surface area contributed by atoms with Gasteiger partial charge in [0.2, 0.25) is 5.91 Å². The average Bonchev–Trinajstić information content (AvgIpc) is 3.05. The lowest BCUT2D eigenvalue weighted by molar-refractivity contribution is -0.117. The summed E-state index contributed by atoms with van der Waals surface area (Å²) in [5.41, 5.74) is 2.10. The number of anilines is 1. The fourth-order valence-electron chi connectivity index (χ4n) is 3.25. The van der Waals surface area contributed by atoms with Gasteiger partial charge in [-0.15, -0.1) is 0 Å². The zero-order chi connectivity index (χ0) is 16.8. The maximum absolute atomic E-state index is 12.3. The van der Waals surface area contributed by atoms with Crippen LogP contribution in [0.3, 0.4) is 0 Å². The summed E-state index contributed by atoms with van der Waals surface area (Å²) in [4.78, 5) is 14.6. The van der Waals surface area contributed by atoms with Crippen molar-refractivity contribution in [2.24, 2.45) is 0 Å². The van der Waals surface area contributed by atoms with Crippen LogP contribution in [0.2, 0.25) is 0 Å². The predicted molar refractivity (Wildman–Crippen MR) is 96.2 cm³/mol. The molecule has 1 aliphatic rings. The molecule has 126 valence electrons. The standard InChI is InChI=1S/C20H24N2O2/c1-2-24-18-12-10-16(11-13-18)19-9-6-14-22(19)15-20(23)21-17-7-4-3-5-8-17/h3-5,7-8,10-13,19H,2,6,9,14-15H2,1H3,(H,21,23). The molecule has 0 bridgehead atoms. The number of amides is 1. The van der Waals surface area contributed by atoms with Gasteiger partial charge in [0.05, 0.1) is 13.2 Å². The Morgan fingerprint density at radius 1 is 1.17 bits per heavy atom. The van der Waals surface area contributed by atoms with Gasteiger partial charge in [0, 0.05) is 11.7 Å². The van der Waals surface area contributed by atoms with Gasteiger partial charge >= 0.3 is 0 Å². The number of ether oxygens (including phenoxy) is 1. The van der Waals surface area contributed by atoms with Gasteiger partial charge < -0.3 is 10.1 Å². The minimum atomic E-state index is 0.0408. The van der Waals surface area contributed by atoms with E-state index in [1.54, 1.807) is 0 Å². The zero-order valence-corrected chi connectivity index (χ0v) is 14.1. The van der Waals surface area contributed by atoms with Crippen LogP contribution < -0.4 is 10.1 Å². The Morgan fingerprint density at radius 2 is 1.92 bits per heavy atom. The number of para-hydroxylation sites is 1. The highest BCUT2D eigenvalue weighted by molar-refractivity contribution is 5.92. The van der Waals surface area contributed by atoms with Crippen LogP contribution in [0.15, 0.2) is 54.6 Å². The summed E-state index contributed by atoms with van der Waals surface area (Å²) >= 11 is 0. The van der Waals surface area contributed by atoms with E-state index in [-0.39, 0.29) is 5.91 Å². The molecular weight excluding hydrogens is 300 g/mol. The summed E-state index contributed by atoms with van der Waals surface area (Å²) < 4.78 is 5.50. The molecule has 1 aliphatic heterocycles. The first-order valence-electron chi connectivity index (χ1n) is 8.58. The highest BCUT2D eigenvalue weighted by Crippen LogP contribution is 2.32. The van der Waals surface area contributed by atoms with Crippen LogP contribution in [0.4, 0.5) is 5.69 Å². The Hall–Kier alpha value is -2.33. The number of rotatable bonds is 6. The first kappa shape index (κ1) is 16.5. The molecule has 1 saturated heterocycles. The van der Waals surface area contributed by atoms with E-state index in [0.717, 1.165) is 30.8 Å². The lowest BCUT2D eigenvalue weighted by atomic mass is 10.0. The molecule has 0 aliphatic carbocycles. The molecule has 3 rings (SSSR count). The number of benzene rings is 2. The number of hydrogen-bond acceptors (Lipinski definition) is 3. The van der Waals surface area contributed by atoms with Gasteiger partial charge in [-0.2, -0.15) is 0 Å². The van der Waals surface area contributed by atoms with Gasteiger partial charge in [0.25, 0.3) is 0 Å². The van der Waals surface area contributed by atoms with E-state index in [9.17, 15) is 4.79 Å². The first-order valence-corrected chi connectivity index (χ1v) is 8.58. The molecule has 2 aromatic rings. The Bertz CT molecular complexity index is 655. The van der Waals surface area contributed by atoms with Gasteiger partial charge in [-0.05, 0) is 56.1 Å². The molecule has 2 aromatic carbocycles. The third-order valence-electron chi connectivity index (χ3n) is 4.34. The Morgan fingerprint density at radius 3 is 2.62 bits per heavy atom. The van der Waals surface area contributed by atoms with Crippen LogP contribution in [0.25, 0.3) is 0 Å². The summed E-state index contributed by atoms with van der Waals surface area (Å²) in [6.07, 6.45) is 2.21. The van der Waals surface area contributed by atoms with Crippen molar-refractivity contribution in [3.05, 3.63) is 60.2 Å². The van der Waals surface area contributed by atoms with Crippen LogP contribution in [-0.4, -0.2) is 30.5 Å². The maximum atomic E-state index is 12.3. The molecule has 4 nitrogen and oxygen atoms in total. The van der Waals surface area contributed by atoms with E-state index in [4.69, 9.17) is 4.74 Å². The highest BCUT2D eigenvalue weighted by Gasteiger charge is 2.27. The quantitative estimate of drug-likeness (QED) is 0.877. The third kappa shape index (κ3) is 4.15. The van der Waals surface area contributed by atoms with E-state index in [0.29, 0.717) is 19.2 Å². The van der Waals surface area contributed by atoms with Gasteiger partial charge in [-0.1, -0.05) is 30.3 Å². The van der Waals surface area contributed by atoms with Gasteiger partial charge in [0.1, 0.15) is 5.75 Å². The van der Waals surface area contributed by atoms with E-state index in [2.05, 4.69) is 22.3 Å². The van der Waals surface area contributed by atoms with Crippen molar-refractivity contribution < 1.29 is 9.53 Å². The maximum Gasteiger partial charge on any atom is 0.238 e. The lowest BCUT2D eigenvalue weighted by Gasteiger charge is -2.24. The molecule has 1 unspecified atom stereocenters. The average molecular weight is 324 g/mol. The van der Waals surface area contributed by atoms with Gasteiger partial charge in [-0.25, -0.2) is 0 Å². The topological polar surface area (TPSA) is 41.6 Å². The van der Waals surface area contributed by atoms with Crippen molar-refractivity contribution in [1.82, 2.24) is 4.90 Å². The predicted octanol–water partition coefficient (Wildman–Crippen LogP) is 3.86. The molecule has 1 heterocycles. The summed E-state index contributed by atoms with van der Waals surface area (Å²) in [7, 11) is 0. The van der Waals surface area contributed by atoms with Crippen molar-refractivity contribution in [2.45, 2.75) is 25.8 Å². The second-order valence-corrected chi connectivity index (χ2v) is 6.04. The third-order valence-corrected chi connectivity index (χ3v) is 4.34. The van der Waals surface area contributed by atoms with E-state index >= 15 is 0 Å². The molecule has 1 fully saturated rings. The van der Waals surface area contributed by atoms with Crippen LogP contribution >= 0.6 is 0 Å². The zero-order valence-electron chi connectivity index (χ0n) is 14.1. The monoisotopic (exact) mass is 324 g/mol. The SMILES string of the molecule is CCOc1ccc(C2CCCN2CC(=O)Nc2ccccc2)cc1. The summed E-state index contributed by atoms with van der Waals surface area (Å²) in [6.45, 7) is 4.04. The van der Waals surface area contributed by atoms with Crippen molar-refractivity contribution in [3.63, 3.8) is 0 Å². The Kier molecular flexibility index (Phi) is 5.49. The van der Waals surface area contributed by atoms with E-state index < -0.39 is 0 Å². The van der Waals surface area contributed by atoms with Crippen LogP contribution in [0.1, 0.15) is 31.4 Å². The lowest BCUT2D eigenvalue weighted by Crippen LogP contribution is -2.32. The van der Waals surface area contributed by atoms with Crippen LogP contribution in [0.5, 0.6) is 5.75 Å². The molecule has 0 saturated carbocycles. The summed E-state index contributed by atoms with van der Waals surface area (Å²) in [5, 5.41) is 2.97. The number of nitrogens with zero attached hydrogens (tertiary/aromatic N) is 1. The molecule has 1 amide bonds. The minimum absolute atomic E-state index is 0.0408. The fourth-order valence-corrected chi connectivity index (χ4v) is 3.25. The summed E-state index contributed by atoms with van der Waals surface area (Å²) in [5.74, 6) is 0.937. The molecule has 0 spiro atoms. The normalized spacial score (nSPS) is 17.6. The van der Waals surface area contributed by atoms with Crippen LogP contribution in [0, 0.1) is 0 Å². The molecular formula is C20H24N2O2. The second kappa shape index (κ2) is 7.97. The van der Waals surface area contributed by atoms with Gasteiger partial charge in [-0.3, -0.25) is 9.69 Å². The van der Waals surface area contributed by atoms with Gasteiger partial charge in [0.15, 0.2) is 0 Å². The van der Waals surface area contributed by atoms with E-state index in [1.165, 1.54) is 5.56 Å². The highest BCUT2D eigenvalue weighted by atomic mass is 16.5. The number of carbonyl (C=O) groups is 1. The molecule has 1 atom stereocenters. The van der Waals surface area contributed by atoms with Crippen molar-refractivity contribution in [1.29, 1.82) is 0 Å². The first-order chi connectivity index (χ1) is 11.8. The van der Waals surface area contributed by atoms with Crippen molar-refractivity contribution in [3.8, 4) is 5.75 Å². The Balaban J connectivity index is 1.61. The van der Waals surface area contributed by atoms with E-state index in [1.807, 2.05) is 49.4 Å². The molecule has 1 N–H and O–H groups in total. The van der Waals surface area contributed by atoms with Crippen molar-refractivity contribution >= 4 is 11.6 Å². The molecule has 24 heavy (non-hydrogen) atoms. The molecule has 0 radical (unpaired) electrons. The van der Waals surface area contributed by atoms with Crippen LogP contribution in [-0.2, 0) is 4.79 Å².